The molecular weight excluding hydrogens is 290 g/mol. The Kier molecular flexibility index (Phi) is 5.69. The van der Waals surface area contributed by atoms with Gasteiger partial charge in [-0.25, -0.2) is 0 Å². The number of ether oxygens (including phenoxy) is 1. The fourth-order valence-electron chi connectivity index (χ4n) is 3.41. The lowest BCUT2D eigenvalue weighted by Crippen LogP contribution is -2.42. The molecule has 1 aromatic rings. The molecule has 0 saturated heterocycles. The van der Waals surface area contributed by atoms with E-state index in [4.69, 9.17) is 4.74 Å². The van der Waals surface area contributed by atoms with E-state index in [1.54, 1.807) is 25.9 Å². The van der Waals surface area contributed by atoms with Crippen molar-refractivity contribution in [2.75, 3.05) is 20.2 Å². The van der Waals surface area contributed by atoms with Crippen LogP contribution in [0.2, 0.25) is 0 Å². The van der Waals surface area contributed by atoms with Gasteiger partial charge in [-0.3, -0.25) is 4.79 Å². The van der Waals surface area contributed by atoms with E-state index in [9.17, 15) is 9.90 Å². The van der Waals surface area contributed by atoms with Gasteiger partial charge in [0.2, 0.25) is 5.91 Å². The van der Waals surface area contributed by atoms with Crippen LogP contribution in [0, 0.1) is 0 Å². The molecule has 4 nitrogen and oxygen atoms in total. The summed E-state index contributed by atoms with van der Waals surface area (Å²) < 4.78 is 5.30. The highest BCUT2D eigenvalue weighted by molar-refractivity contribution is 5.77. The maximum Gasteiger partial charge on any atom is 0.223 e. The number of hydrogen-bond acceptors (Lipinski definition) is 3. The van der Waals surface area contributed by atoms with Gasteiger partial charge in [-0.2, -0.15) is 0 Å². The van der Waals surface area contributed by atoms with Crippen LogP contribution in [0.25, 0.3) is 0 Å². The Morgan fingerprint density at radius 2 is 2.17 bits per heavy atom. The first kappa shape index (κ1) is 17.8. The van der Waals surface area contributed by atoms with Gasteiger partial charge in [0, 0.05) is 19.5 Å². The quantitative estimate of drug-likeness (QED) is 0.876. The number of nitrogens with zero attached hydrogens (tertiary/aromatic N) is 1. The zero-order valence-corrected chi connectivity index (χ0v) is 14.8. The van der Waals surface area contributed by atoms with E-state index in [2.05, 4.69) is 12.1 Å². The number of carbonyl (C=O) groups is 1. The van der Waals surface area contributed by atoms with Crippen LogP contribution in [-0.2, 0) is 11.2 Å². The summed E-state index contributed by atoms with van der Waals surface area (Å²) in [6.07, 6.45) is 3.72. The number of aliphatic hydroxyl groups is 1. The van der Waals surface area contributed by atoms with E-state index in [-0.39, 0.29) is 11.8 Å². The minimum absolute atomic E-state index is 0.128. The number of rotatable bonds is 6. The molecule has 0 radical (unpaired) electrons. The van der Waals surface area contributed by atoms with Crippen molar-refractivity contribution in [1.29, 1.82) is 0 Å². The molecule has 1 N–H and O–H groups in total. The van der Waals surface area contributed by atoms with Gasteiger partial charge in [-0.1, -0.05) is 6.07 Å². The highest BCUT2D eigenvalue weighted by atomic mass is 16.5. The maximum absolute atomic E-state index is 12.6. The summed E-state index contributed by atoms with van der Waals surface area (Å²) in [6.45, 7) is 6.45. The monoisotopic (exact) mass is 319 g/mol. The Labute approximate surface area is 139 Å². The van der Waals surface area contributed by atoms with Gasteiger partial charge in [0.1, 0.15) is 5.75 Å². The number of aryl methyl sites for hydroxylation is 1. The van der Waals surface area contributed by atoms with Crippen LogP contribution in [0.4, 0.5) is 0 Å². The largest absolute Gasteiger partial charge is 0.497 e. The van der Waals surface area contributed by atoms with Crippen LogP contribution in [0.1, 0.15) is 57.1 Å². The number of benzene rings is 1. The predicted molar refractivity (Wildman–Crippen MR) is 91.8 cm³/mol. The summed E-state index contributed by atoms with van der Waals surface area (Å²) in [4.78, 5) is 14.4. The predicted octanol–water partition coefficient (Wildman–Crippen LogP) is 3.12. The van der Waals surface area contributed by atoms with E-state index in [0.29, 0.717) is 19.5 Å². The maximum atomic E-state index is 12.6. The van der Waals surface area contributed by atoms with E-state index in [1.165, 1.54) is 11.1 Å². The third kappa shape index (κ3) is 4.71. The number of hydrogen-bond donors (Lipinski definition) is 1. The summed E-state index contributed by atoms with van der Waals surface area (Å²) in [5, 5.41) is 9.98. The second-order valence-electron chi connectivity index (χ2n) is 7.08. The molecule has 0 bridgehead atoms. The normalized spacial score (nSPS) is 17.5. The molecule has 1 aliphatic carbocycles. The Morgan fingerprint density at radius 1 is 1.43 bits per heavy atom. The Balaban J connectivity index is 2.10. The van der Waals surface area contributed by atoms with E-state index < -0.39 is 5.60 Å². The van der Waals surface area contributed by atoms with Crippen molar-refractivity contribution in [1.82, 2.24) is 4.90 Å². The van der Waals surface area contributed by atoms with E-state index in [0.717, 1.165) is 25.0 Å². The smallest absolute Gasteiger partial charge is 0.223 e. The SMILES string of the molecule is CCN(CC(C)(C)O)C(=O)CC1CCCc2cc(OC)ccc21. The molecule has 4 heteroatoms. The van der Waals surface area contributed by atoms with Gasteiger partial charge in [0.15, 0.2) is 0 Å². The third-order valence-electron chi connectivity index (χ3n) is 4.52. The van der Waals surface area contributed by atoms with Crippen molar-refractivity contribution >= 4 is 5.91 Å². The van der Waals surface area contributed by atoms with Crippen molar-refractivity contribution in [3.8, 4) is 5.75 Å². The molecule has 0 aliphatic heterocycles. The molecule has 2 rings (SSSR count). The lowest BCUT2D eigenvalue weighted by atomic mass is 9.80. The Bertz CT molecular complexity index is 548. The fraction of sp³-hybridized carbons (Fsp3) is 0.632. The highest BCUT2D eigenvalue weighted by Crippen LogP contribution is 2.36. The first-order chi connectivity index (χ1) is 10.8. The molecule has 0 spiro atoms. The summed E-state index contributed by atoms with van der Waals surface area (Å²) in [6, 6.07) is 6.19. The lowest BCUT2D eigenvalue weighted by molar-refractivity contribution is -0.134. The van der Waals surface area contributed by atoms with Crippen LogP contribution >= 0.6 is 0 Å². The molecule has 0 saturated carbocycles. The van der Waals surface area contributed by atoms with Gasteiger partial charge in [0.25, 0.3) is 0 Å². The average Bonchev–Trinajstić information content (AvgIpc) is 2.51. The van der Waals surface area contributed by atoms with Crippen LogP contribution in [0.3, 0.4) is 0 Å². The zero-order chi connectivity index (χ0) is 17.0. The lowest BCUT2D eigenvalue weighted by Gasteiger charge is -2.31. The molecule has 1 atom stereocenters. The second-order valence-corrected chi connectivity index (χ2v) is 7.08. The van der Waals surface area contributed by atoms with Crippen LogP contribution in [0.15, 0.2) is 18.2 Å². The first-order valence-corrected chi connectivity index (χ1v) is 8.51. The topological polar surface area (TPSA) is 49.8 Å². The Hall–Kier alpha value is -1.55. The van der Waals surface area contributed by atoms with E-state index in [1.807, 2.05) is 13.0 Å². The minimum Gasteiger partial charge on any atom is -0.497 e. The standard InChI is InChI=1S/C19H29NO3/c1-5-20(13-19(2,3)22)18(21)12-15-8-6-7-14-11-16(23-4)9-10-17(14)15/h9-11,15,22H,5-8,12-13H2,1-4H3. The summed E-state index contributed by atoms with van der Waals surface area (Å²) >= 11 is 0. The number of methoxy groups -OCH3 is 1. The summed E-state index contributed by atoms with van der Waals surface area (Å²) in [7, 11) is 1.68. The van der Waals surface area contributed by atoms with Gasteiger partial charge >= 0.3 is 0 Å². The second kappa shape index (κ2) is 7.35. The van der Waals surface area contributed by atoms with Crippen molar-refractivity contribution in [2.45, 2.75) is 58.0 Å². The molecule has 0 heterocycles. The van der Waals surface area contributed by atoms with Gasteiger partial charge < -0.3 is 14.7 Å². The van der Waals surface area contributed by atoms with E-state index >= 15 is 0 Å². The minimum atomic E-state index is -0.858. The number of amides is 1. The Morgan fingerprint density at radius 3 is 2.78 bits per heavy atom. The van der Waals surface area contributed by atoms with Gasteiger partial charge in [0.05, 0.1) is 12.7 Å². The molecular formula is C19H29NO3. The summed E-state index contributed by atoms with van der Waals surface area (Å²) in [5.41, 5.74) is 1.73. The van der Waals surface area contributed by atoms with Crippen LogP contribution in [-0.4, -0.2) is 41.7 Å². The van der Waals surface area contributed by atoms with Crippen molar-refractivity contribution in [2.24, 2.45) is 0 Å². The first-order valence-electron chi connectivity index (χ1n) is 8.51. The van der Waals surface area contributed by atoms with Gasteiger partial charge in [-0.15, -0.1) is 0 Å². The molecule has 1 amide bonds. The van der Waals surface area contributed by atoms with Crippen molar-refractivity contribution in [3.05, 3.63) is 29.3 Å². The third-order valence-corrected chi connectivity index (χ3v) is 4.52. The molecule has 1 aliphatic rings. The fourth-order valence-corrected chi connectivity index (χ4v) is 3.41. The molecule has 1 unspecified atom stereocenters. The molecule has 0 aromatic heterocycles. The molecule has 23 heavy (non-hydrogen) atoms. The van der Waals surface area contributed by atoms with Crippen LogP contribution < -0.4 is 4.74 Å². The molecule has 1 aromatic carbocycles. The summed E-state index contributed by atoms with van der Waals surface area (Å²) in [5.74, 6) is 1.28. The highest BCUT2D eigenvalue weighted by Gasteiger charge is 2.27. The molecule has 0 fully saturated rings. The number of likely N-dealkylation sites (N-methyl/N-ethyl adjacent to an activating group) is 1. The zero-order valence-electron chi connectivity index (χ0n) is 14.8. The number of fused-ring (bicyclic) bond motifs is 1. The van der Waals surface area contributed by atoms with Gasteiger partial charge in [-0.05, 0) is 69.2 Å². The van der Waals surface area contributed by atoms with Crippen molar-refractivity contribution in [3.63, 3.8) is 0 Å². The molecule has 128 valence electrons. The average molecular weight is 319 g/mol. The van der Waals surface area contributed by atoms with Crippen LogP contribution in [0.5, 0.6) is 5.75 Å². The number of carbonyl (C=O) groups excluding carboxylic acids is 1. The van der Waals surface area contributed by atoms with Crippen molar-refractivity contribution < 1.29 is 14.6 Å².